The van der Waals surface area contributed by atoms with E-state index in [0.717, 1.165) is 67.5 Å². The van der Waals surface area contributed by atoms with Gasteiger partial charge in [0, 0.05) is 22.3 Å². The lowest BCUT2D eigenvalue weighted by Crippen LogP contribution is -2.03. The van der Waals surface area contributed by atoms with E-state index in [0.29, 0.717) is 0 Å². The fourth-order valence-electron chi connectivity index (χ4n) is 5.35. The second kappa shape index (κ2) is 14.9. The van der Waals surface area contributed by atoms with Crippen LogP contribution >= 0.6 is 0 Å². The summed E-state index contributed by atoms with van der Waals surface area (Å²) in [7, 11) is 0. The Morgan fingerprint density at radius 1 is 0.528 bits per heavy atom. The van der Waals surface area contributed by atoms with E-state index in [4.69, 9.17) is 0 Å². The van der Waals surface area contributed by atoms with Gasteiger partial charge in [0.2, 0.25) is 11.4 Å². The van der Waals surface area contributed by atoms with Crippen LogP contribution in [-0.4, -0.2) is 4.70 Å². The molecule has 0 bridgehead atoms. The first-order valence-electron chi connectivity index (χ1n) is 14.8. The molecule has 0 saturated heterocycles. The molecule has 0 amide bonds. The second-order valence-corrected chi connectivity index (χ2v) is 10.5. The predicted molar refractivity (Wildman–Crippen MR) is 156 cm³/mol. The van der Waals surface area contributed by atoms with Gasteiger partial charge in [0.25, 0.3) is 0 Å². The van der Waals surface area contributed by atoms with Crippen LogP contribution in [0.4, 0.5) is 0 Å². The maximum Gasteiger partial charge on any atom is 0.211 e. The molecule has 0 radical (unpaired) electrons. The van der Waals surface area contributed by atoms with Crippen molar-refractivity contribution in [2.24, 2.45) is 0 Å². The largest absolute Gasteiger partial charge is 0.493 e. The zero-order valence-corrected chi connectivity index (χ0v) is 23.4. The Bertz CT molecular complexity index is 1040. The van der Waals surface area contributed by atoms with Gasteiger partial charge in [0.1, 0.15) is 0 Å². The summed E-state index contributed by atoms with van der Waals surface area (Å²) in [4.78, 5) is 0. The molecule has 0 atom stereocenters. The number of allylic oxidation sites excluding steroid dienone is 2. The molecule has 0 spiro atoms. The molecule has 0 N–H and O–H groups in total. The third-order valence-corrected chi connectivity index (χ3v) is 7.49. The van der Waals surface area contributed by atoms with Crippen molar-refractivity contribution in [2.75, 3.05) is 0 Å². The predicted octanol–water partition coefficient (Wildman–Crippen LogP) is 10.7. The molecule has 2 aromatic carbocycles. The van der Waals surface area contributed by atoms with Gasteiger partial charge in [-0.1, -0.05) is 90.5 Å². The first kappa shape index (κ1) is 28.1. The number of hydrogen-bond donors (Lipinski definition) is 0. The Labute approximate surface area is 221 Å². The zero-order valence-electron chi connectivity index (χ0n) is 23.4. The molecule has 2 heteroatoms. The Morgan fingerprint density at radius 3 is 1.69 bits per heavy atom. The summed E-state index contributed by atoms with van der Waals surface area (Å²) in [6.07, 6.45) is 16.3. The minimum absolute atomic E-state index is 1.01. The second-order valence-electron chi connectivity index (χ2n) is 10.5. The minimum Gasteiger partial charge on any atom is -0.493 e. The Kier molecular flexibility index (Phi) is 11.7. The number of nitrogens with zero attached hydrogens (tertiary/aromatic N) is 2. The first-order chi connectivity index (χ1) is 17.6. The van der Waals surface area contributed by atoms with Gasteiger partial charge in [0.15, 0.2) is 0 Å². The highest BCUT2D eigenvalue weighted by Crippen LogP contribution is 2.44. The number of unbranched alkanes of at least 4 members (excludes halogenated alkanes) is 6. The molecule has 1 aliphatic rings. The summed E-state index contributed by atoms with van der Waals surface area (Å²) in [5.41, 5.74) is 21.5. The summed E-state index contributed by atoms with van der Waals surface area (Å²) in [6, 6.07) is 17.9. The molecule has 0 fully saturated rings. The quantitative estimate of drug-likeness (QED) is 0.167. The molecule has 194 valence electrons. The van der Waals surface area contributed by atoms with Gasteiger partial charge in [-0.3, -0.25) is 0 Å². The fourth-order valence-corrected chi connectivity index (χ4v) is 5.35. The topological polar surface area (TPSA) is 25.3 Å². The van der Waals surface area contributed by atoms with Gasteiger partial charge in [0.05, 0.1) is 0 Å². The van der Waals surface area contributed by atoms with Crippen molar-refractivity contribution in [1.29, 1.82) is 0 Å². The molecule has 0 aromatic heterocycles. The highest BCUT2D eigenvalue weighted by Gasteiger charge is 2.35. The highest BCUT2D eigenvalue weighted by atomic mass is 15.2. The van der Waals surface area contributed by atoms with Crippen molar-refractivity contribution >= 4 is 11.4 Å². The summed E-state index contributed by atoms with van der Waals surface area (Å²) >= 11 is 0. The Hall–Kier alpha value is -2.48. The molecular formula is C34H48N2. The molecular weight excluding hydrogens is 436 g/mol. The third-order valence-electron chi connectivity index (χ3n) is 7.49. The van der Waals surface area contributed by atoms with Crippen molar-refractivity contribution in [3.05, 3.63) is 87.5 Å². The lowest BCUT2D eigenvalue weighted by Gasteiger charge is -2.11. The van der Waals surface area contributed by atoms with Crippen molar-refractivity contribution in [1.82, 2.24) is 0 Å². The molecule has 0 unspecified atom stereocenters. The first-order valence-corrected chi connectivity index (χ1v) is 14.8. The molecule has 0 aliphatic carbocycles. The van der Waals surface area contributed by atoms with Crippen LogP contribution in [0.1, 0.15) is 127 Å². The highest BCUT2D eigenvalue weighted by molar-refractivity contribution is 5.82. The Morgan fingerprint density at radius 2 is 1.06 bits per heavy atom. The molecule has 1 aliphatic heterocycles. The van der Waals surface area contributed by atoms with E-state index in [9.17, 15) is 5.53 Å². The summed E-state index contributed by atoms with van der Waals surface area (Å²) in [5.74, 6) is 0. The Balaban J connectivity index is 2.03. The summed E-state index contributed by atoms with van der Waals surface area (Å²) in [5, 5.41) is 0. The maximum atomic E-state index is 11.8. The van der Waals surface area contributed by atoms with Gasteiger partial charge in [-0.25, -0.2) is 4.70 Å². The van der Waals surface area contributed by atoms with E-state index in [1.807, 2.05) is 0 Å². The van der Waals surface area contributed by atoms with Gasteiger partial charge >= 0.3 is 0 Å². The minimum atomic E-state index is 1.01. The maximum absolute atomic E-state index is 11.8. The summed E-state index contributed by atoms with van der Waals surface area (Å²) < 4.78 is 1.54. The number of hydrogen-bond acceptors (Lipinski definition) is 0. The molecule has 2 aromatic rings. The van der Waals surface area contributed by atoms with Crippen molar-refractivity contribution in [3.63, 3.8) is 0 Å². The number of benzene rings is 2. The van der Waals surface area contributed by atoms with Crippen LogP contribution in [0.2, 0.25) is 0 Å². The van der Waals surface area contributed by atoms with Crippen molar-refractivity contribution in [3.8, 4) is 0 Å². The third kappa shape index (κ3) is 7.28. The molecule has 0 saturated carbocycles. The monoisotopic (exact) mass is 484 g/mol. The van der Waals surface area contributed by atoms with Gasteiger partial charge < -0.3 is 5.53 Å². The number of rotatable bonds is 16. The van der Waals surface area contributed by atoms with Crippen LogP contribution in [-0.2, 0) is 12.8 Å². The van der Waals surface area contributed by atoms with Gasteiger partial charge in [-0.15, -0.1) is 0 Å². The van der Waals surface area contributed by atoms with Gasteiger partial charge in [-0.2, -0.15) is 0 Å². The van der Waals surface area contributed by atoms with E-state index in [1.54, 1.807) is 0 Å². The molecule has 36 heavy (non-hydrogen) atoms. The van der Waals surface area contributed by atoms with Crippen LogP contribution in [0.3, 0.4) is 0 Å². The van der Waals surface area contributed by atoms with E-state index >= 15 is 0 Å². The molecule has 1 heterocycles. The molecule has 3 rings (SSSR count). The fraction of sp³-hybridized carbons (Fsp3) is 0.529. The number of aryl methyl sites for hydroxylation is 2. The lowest BCUT2D eigenvalue weighted by molar-refractivity contribution is -0.345. The van der Waals surface area contributed by atoms with E-state index in [-0.39, 0.29) is 0 Å². The standard InChI is InChI=1S/C34H48N2/c1-5-9-13-17-27-22-24-29(25-23-27)33-32(21-14-10-6-2)31(20-12-8-4)34(36(33)35)30-19-15-18-28(26-30)16-11-7-3/h15,18-19,22-26H,5-14,16-17,20-21H2,1-4H3. The van der Waals surface area contributed by atoms with Crippen LogP contribution in [0.25, 0.3) is 16.9 Å². The molecule has 2 nitrogen and oxygen atoms in total. The van der Waals surface area contributed by atoms with Crippen LogP contribution in [0.5, 0.6) is 0 Å². The smallest absolute Gasteiger partial charge is 0.211 e. The van der Waals surface area contributed by atoms with Crippen LogP contribution in [0.15, 0.2) is 59.7 Å². The van der Waals surface area contributed by atoms with Crippen LogP contribution < -0.4 is 0 Å². The van der Waals surface area contributed by atoms with E-state index < -0.39 is 0 Å². The van der Waals surface area contributed by atoms with Crippen LogP contribution in [0, 0.1) is 0 Å². The van der Waals surface area contributed by atoms with Crippen molar-refractivity contribution in [2.45, 2.75) is 118 Å². The SMILES string of the molecule is CCCCCC1=C(c2ccc(CCCCC)cc2)[N+](=[N-])C(c2cccc(CCCC)c2)=C1CCCC. The van der Waals surface area contributed by atoms with Crippen molar-refractivity contribution < 1.29 is 4.70 Å². The van der Waals surface area contributed by atoms with Gasteiger partial charge in [-0.05, 0) is 86.8 Å². The zero-order chi connectivity index (χ0) is 25.8. The normalized spacial score (nSPS) is 13.8. The van der Waals surface area contributed by atoms with E-state index in [2.05, 4.69) is 76.2 Å². The summed E-state index contributed by atoms with van der Waals surface area (Å²) in [6.45, 7) is 9.03. The average Bonchev–Trinajstić information content (AvgIpc) is 3.17. The van der Waals surface area contributed by atoms with E-state index in [1.165, 1.54) is 71.9 Å². The lowest BCUT2D eigenvalue weighted by atomic mass is 9.91. The average molecular weight is 485 g/mol.